The van der Waals surface area contributed by atoms with Gasteiger partial charge in [-0.15, -0.1) is 0 Å². The highest BCUT2D eigenvalue weighted by molar-refractivity contribution is 6.06. The van der Waals surface area contributed by atoms with Crippen LogP contribution < -0.4 is 14.8 Å². The topological polar surface area (TPSA) is 91.2 Å². The number of benzene rings is 1. The lowest BCUT2D eigenvalue weighted by Crippen LogP contribution is -2.26. The van der Waals surface area contributed by atoms with E-state index in [1.807, 2.05) is 49.4 Å². The number of amides is 1. The van der Waals surface area contributed by atoms with Crippen molar-refractivity contribution < 1.29 is 14.3 Å². The number of nitrogens with zero attached hydrogens (tertiary/aromatic N) is 4. The summed E-state index contributed by atoms with van der Waals surface area (Å²) in [7, 11) is 3.25. The van der Waals surface area contributed by atoms with Gasteiger partial charge < -0.3 is 14.8 Å². The van der Waals surface area contributed by atoms with Gasteiger partial charge >= 0.3 is 0 Å². The van der Waals surface area contributed by atoms with E-state index < -0.39 is 0 Å². The third-order valence-electron chi connectivity index (χ3n) is 6.11. The van der Waals surface area contributed by atoms with Gasteiger partial charge in [0.15, 0.2) is 11.5 Å². The summed E-state index contributed by atoms with van der Waals surface area (Å²) in [5, 5.41) is 8.51. The predicted molar refractivity (Wildman–Crippen MR) is 129 cm³/mol. The number of rotatable bonds is 8. The minimum atomic E-state index is -0.134. The number of hydrogen-bond donors (Lipinski definition) is 1. The van der Waals surface area contributed by atoms with Gasteiger partial charge in [-0.2, -0.15) is 9.78 Å². The molecule has 0 saturated heterocycles. The minimum Gasteiger partial charge on any atom is -0.497 e. The molecule has 0 aliphatic heterocycles. The molecular weight excluding hydrogens is 430 g/mol. The Balaban J connectivity index is 1.44. The molecule has 1 fully saturated rings. The molecule has 0 atom stereocenters. The molecule has 0 spiro atoms. The van der Waals surface area contributed by atoms with Gasteiger partial charge in [0.05, 0.1) is 30.9 Å². The van der Waals surface area contributed by atoms with E-state index in [4.69, 9.17) is 14.5 Å². The normalized spacial score (nSPS) is 13.1. The first-order valence-corrected chi connectivity index (χ1v) is 11.4. The van der Waals surface area contributed by atoms with Crippen LogP contribution in [0.25, 0.3) is 16.9 Å². The number of ether oxygens (including phenoxy) is 2. The number of methoxy groups -OCH3 is 2. The van der Waals surface area contributed by atoms with Crippen LogP contribution in [-0.2, 0) is 6.42 Å². The zero-order valence-corrected chi connectivity index (χ0v) is 19.5. The number of aromatic nitrogens is 4. The quantitative estimate of drug-likeness (QED) is 0.430. The van der Waals surface area contributed by atoms with Gasteiger partial charge in [-0.05, 0) is 56.0 Å². The van der Waals surface area contributed by atoms with Crippen molar-refractivity contribution in [2.45, 2.75) is 32.1 Å². The molecule has 0 unspecified atom stereocenters. The summed E-state index contributed by atoms with van der Waals surface area (Å²) in [5.74, 6) is 2.41. The van der Waals surface area contributed by atoms with Gasteiger partial charge in [-0.1, -0.05) is 12.1 Å². The first-order chi connectivity index (χ1) is 16.6. The highest BCUT2D eigenvalue weighted by Gasteiger charge is 2.29. The summed E-state index contributed by atoms with van der Waals surface area (Å²) in [6.07, 6.45) is 4.54. The van der Waals surface area contributed by atoms with E-state index in [2.05, 4.69) is 15.4 Å². The Labute approximate surface area is 197 Å². The lowest BCUT2D eigenvalue weighted by atomic mass is 10.1. The van der Waals surface area contributed by atoms with Crippen molar-refractivity contribution in [3.8, 4) is 17.3 Å². The number of carbonyl (C=O) groups is 1. The van der Waals surface area contributed by atoms with E-state index in [1.54, 1.807) is 25.1 Å². The Bertz CT molecular complexity index is 1350. The van der Waals surface area contributed by atoms with Crippen LogP contribution in [-0.4, -0.2) is 46.4 Å². The molecule has 3 heterocycles. The smallest absolute Gasteiger partial charge is 0.252 e. The average Bonchev–Trinajstić information content (AvgIpc) is 3.67. The molecule has 1 aromatic carbocycles. The van der Waals surface area contributed by atoms with Gasteiger partial charge in [-0.25, -0.2) is 9.97 Å². The number of aryl methyl sites for hydroxylation is 1. The Hall–Kier alpha value is -3.94. The van der Waals surface area contributed by atoms with Crippen LogP contribution >= 0.6 is 0 Å². The predicted octanol–water partition coefficient (Wildman–Crippen LogP) is 3.99. The van der Waals surface area contributed by atoms with Crippen molar-refractivity contribution in [3.05, 3.63) is 71.2 Å². The molecule has 1 aliphatic rings. The maximum absolute atomic E-state index is 13.4. The van der Waals surface area contributed by atoms with E-state index in [9.17, 15) is 4.79 Å². The van der Waals surface area contributed by atoms with Crippen molar-refractivity contribution in [1.29, 1.82) is 0 Å². The SMILES string of the molecule is COc1ccc(CCNC(=O)c2cc(C3CC3)nc3c2c(C)nn3-c2ccccn2)c(OC)c1. The largest absolute Gasteiger partial charge is 0.497 e. The summed E-state index contributed by atoms with van der Waals surface area (Å²) < 4.78 is 12.5. The lowest BCUT2D eigenvalue weighted by Gasteiger charge is -2.12. The Morgan fingerprint density at radius 2 is 2.00 bits per heavy atom. The fraction of sp³-hybridized carbons (Fsp3) is 0.308. The number of carbonyl (C=O) groups excluding carboxylic acids is 1. The summed E-state index contributed by atoms with van der Waals surface area (Å²) >= 11 is 0. The van der Waals surface area contributed by atoms with Gasteiger partial charge in [0.2, 0.25) is 0 Å². The molecule has 8 nitrogen and oxygen atoms in total. The number of pyridine rings is 2. The van der Waals surface area contributed by atoms with Gasteiger partial charge in [0, 0.05) is 30.4 Å². The molecule has 3 aromatic heterocycles. The molecule has 1 saturated carbocycles. The minimum absolute atomic E-state index is 0.134. The maximum atomic E-state index is 13.4. The van der Waals surface area contributed by atoms with Crippen LogP contribution in [0.3, 0.4) is 0 Å². The molecular formula is C26H27N5O3. The first-order valence-electron chi connectivity index (χ1n) is 11.4. The van der Waals surface area contributed by atoms with Gasteiger partial charge in [0.1, 0.15) is 11.5 Å². The monoisotopic (exact) mass is 457 g/mol. The number of fused-ring (bicyclic) bond motifs is 1. The molecule has 174 valence electrons. The van der Waals surface area contributed by atoms with Crippen molar-refractivity contribution in [2.75, 3.05) is 20.8 Å². The molecule has 0 bridgehead atoms. The Morgan fingerprint density at radius 1 is 1.15 bits per heavy atom. The number of nitrogens with one attached hydrogen (secondary N) is 1. The Morgan fingerprint density at radius 3 is 2.71 bits per heavy atom. The summed E-state index contributed by atoms with van der Waals surface area (Å²) in [6.45, 7) is 2.37. The Kier molecular flexibility index (Phi) is 5.88. The van der Waals surface area contributed by atoms with Crippen LogP contribution in [0.5, 0.6) is 11.5 Å². The van der Waals surface area contributed by atoms with Crippen molar-refractivity contribution in [3.63, 3.8) is 0 Å². The fourth-order valence-corrected chi connectivity index (χ4v) is 4.18. The van der Waals surface area contributed by atoms with E-state index in [0.717, 1.165) is 46.7 Å². The summed E-state index contributed by atoms with van der Waals surface area (Å²) in [6, 6.07) is 13.3. The maximum Gasteiger partial charge on any atom is 0.252 e. The zero-order chi connectivity index (χ0) is 23.7. The van der Waals surface area contributed by atoms with E-state index >= 15 is 0 Å². The average molecular weight is 458 g/mol. The molecule has 1 amide bonds. The van der Waals surface area contributed by atoms with E-state index in [-0.39, 0.29) is 5.91 Å². The number of hydrogen-bond acceptors (Lipinski definition) is 6. The molecule has 1 aliphatic carbocycles. The molecule has 4 aromatic rings. The highest BCUT2D eigenvalue weighted by atomic mass is 16.5. The van der Waals surface area contributed by atoms with Crippen LogP contribution in [0.1, 0.15) is 46.1 Å². The van der Waals surface area contributed by atoms with Crippen LogP contribution in [0.2, 0.25) is 0 Å². The summed E-state index contributed by atoms with van der Waals surface area (Å²) in [4.78, 5) is 22.7. The second-order valence-corrected chi connectivity index (χ2v) is 8.44. The molecule has 1 N–H and O–H groups in total. The van der Waals surface area contributed by atoms with Crippen molar-refractivity contribution in [2.24, 2.45) is 0 Å². The molecule has 8 heteroatoms. The third-order valence-corrected chi connectivity index (χ3v) is 6.11. The van der Waals surface area contributed by atoms with Crippen LogP contribution in [0, 0.1) is 6.92 Å². The van der Waals surface area contributed by atoms with Crippen molar-refractivity contribution >= 4 is 16.9 Å². The first kappa shape index (κ1) is 21.9. The lowest BCUT2D eigenvalue weighted by molar-refractivity contribution is 0.0955. The second-order valence-electron chi connectivity index (χ2n) is 8.44. The third kappa shape index (κ3) is 4.19. The zero-order valence-electron chi connectivity index (χ0n) is 19.5. The van der Waals surface area contributed by atoms with E-state index in [0.29, 0.717) is 35.9 Å². The summed E-state index contributed by atoms with van der Waals surface area (Å²) in [5.41, 5.74) is 3.96. The molecule has 34 heavy (non-hydrogen) atoms. The highest BCUT2D eigenvalue weighted by Crippen LogP contribution is 2.40. The van der Waals surface area contributed by atoms with Crippen LogP contribution in [0.4, 0.5) is 0 Å². The van der Waals surface area contributed by atoms with Gasteiger partial charge in [-0.3, -0.25) is 4.79 Å². The van der Waals surface area contributed by atoms with E-state index in [1.165, 1.54) is 0 Å². The second kappa shape index (κ2) is 9.13. The molecule has 5 rings (SSSR count). The van der Waals surface area contributed by atoms with Crippen LogP contribution in [0.15, 0.2) is 48.7 Å². The van der Waals surface area contributed by atoms with Crippen molar-refractivity contribution in [1.82, 2.24) is 25.1 Å². The standard InChI is InChI=1S/C26H27N5O3/c1-16-24-20(26(32)28-13-11-18-9-10-19(33-2)14-22(18)34-3)15-21(17-7-8-17)29-25(24)31(30-16)23-6-4-5-12-27-23/h4-6,9-10,12,14-15,17H,7-8,11,13H2,1-3H3,(H,28,32). The van der Waals surface area contributed by atoms with Gasteiger partial charge in [0.25, 0.3) is 5.91 Å². The fourth-order valence-electron chi connectivity index (χ4n) is 4.18. The molecule has 0 radical (unpaired) electrons.